The number of nitrogens with zero attached hydrogens (tertiary/aromatic N) is 2. The van der Waals surface area contributed by atoms with E-state index in [1.807, 2.05) is 30.3 Å². The molecule has 3 aromatic rings. The molecule has 2 heterocycles. The molecule has 25 heavy (non-hydrogen) atoms. The summed E-state index contributed by atoms with van der Waals surface area (Å²) in [6.45, 7) is 0. The highest BCUT2D eigenvalue weighted by Crippen LogP contribution is 2.16. The number of nitrogens with one attached hydrogen (secondary N) is 2. The van der Waals surface area contributed by atoms with Crippen molar-refractivity contribution in [1.29, 1.82) is 0 Å². The van der Waals surface area contributed by atoms with E-state index in [9.17, 15) is 4.79 Å². The zero-order valence-corrected chi connectivity index (χ0v) is 14.4. The van der Waals surface area contributed by atoms with Gasteiger partial charge in [-0.3, -0.25) is 9.89 Å². The maximum atomic E-state index is 12.2. The summed E-state index contributed by atoms with van der Waals surface area (Å²) in [6.07, 6.45) is 3.13. The summed E-state index contributed by atoms with van der Waals surface area (Å²) in [7, 11) is 1.65. The summed E-state index contributed by atoms with van der Waals surface area (Å²) >= 11 is 5.92. The van der Waals surface area contributed by atoms with Gasteiger partial charge in [0.1, 0.15) is 10.9 Å². The largest absolute Gasteiger partial charge is 0.497 e. The number of H-pyrrole nitrogens is 1. The number of carbonyl (C=O) groups excluding carboxylic acids is 1. The average Bonchev–Trinajstić information content (AvgIpc) is 3.08. The van der Waals surface area contributed by atoms with E-state index in [4.69, 9.17) is 16.3 Å². The Labute approximate surface area is 150 Å². The molecule has 0 radical (unpaired) electrons. The molecule has 128 valence electrons. The number of rotatable bonds is 6. The van der Waals surface area contributed by atoms with Gasteiger partial charge >= 0.3 is 0 Å². The Balaban J connectivity index is 1.60. The molecule has 0 saturated carbocycles. The molecular formula is C18H17ClN4O2. The number of hydrogen-bond donors (Lipinski definition) is 2. The van der Waals surface area contributed by atoms with Crippen LogP contribution in [-0.4, -0.2) is 28.2 Å². The van der Waals surface area contributed by atoms with Crippen LogP contribution in [0.2, 0.25) is 5.15 Å². The first-order valence-electron chi connectivity index (χ1n) is 7.75. The quantitative estimate of drug-likeness (QED) is 0.662. The highest BCUT2D eigenvalue weighted by molar-refractivity contribution is 6.33. The van der Waals surface area contributed by atoms with Gasteiger partial charge in [-0.05, 0) is 42.7 Å². The summed E-state index contributed by atoms with van der Waals surface area (Å²) in [5, 5.41) is 9.91. The summed E-state index contributed by atoms with van der Waals surface area (Å²) in [5.74, 6) is 0.943. The molecular weight excluding hydrogens is 340 g/mol. The predicted molar refractivity (Wildman–Crippen MR) is 96.2 cm³/mol. The van der Waals surface area contributed by atoms with E-state index >= 15 is 0 Å². The Morgan fingerprint density at radius 3 is 2.92 bits per heavy atom. The second kappa shape index (κ2) is 7.81. The number of aryl methyl sites for hydroxylation is 2. The average molecular weight is 357 g/mol. The predicted octanol–water partition coefficient (Wildman–Crippen LogP) is 3.50. The third kappa shape index (κ3) is 4.36. The minimum Gasteiger partial charge on any atom is -0.497 e. The van der Waals surface area contributed by atoms with E-state index in [0.29, 0.717) is 11.4 Å². The lowest BCUT2D eigenvalue weighted by atomic mass is 10.1. The molecule has 0 unspecified atom stereocenters. The van der Waals surface area contributed by atoms with E-state index in [-0.39, 0.29) is 11.1 Å². The Kier molecular flexibility index (Phi) is 5.30. The fourth-order valence-electron chi connectivity index (χ4n) is 2.40. The van der Waals surface area contributed by atoms with Crippen molar-refractivity contribution in [3.63, 3.8) is 0 Å². The smallest absolute Gasteiger partial charge is 0.259 e. The van der Waals surface area contributed by atoms with Gasteiger partial charge in [-0.25, -0.2) is 4.98 Å². The molecule has 0 bridgehead atoms. The molecule has 0 saturated heterocycles. The standard InChI is InChI=1S/C18H17ClN4O2/c1-25-14-5-2-4-12(10-14)7-8-13-11-16(23-22-13)21-18(24)15-6-3-9-20-17(15)19/h2-6,9-11H,7-8H2,1H3,(H2,21,22,23,24). The molecule has 0 atom stereocenters. The van der Waals surface area contributed by atoms with Crippen molar-refractivity contribution in [2.24, 2.45) is 0 Å². The number of hydrogen-bond acceptors (Lipinski definition) is 4. The van der Waals surface area contributed by atoms with Crippen molar-refractivity contribution >= 4 is 23.3 Å². The first-order chi connectivity index (χ1) is 12.2. The SMILES string of the molecule is COc1cccc(CCc2cc(NC(=O)c3cccnc3Cl)n[nH]2)c1. The van der Waals surface area contributed by atoms with Gasteiger partial charge in [0.25, 0.3) is 5.91 Å². The third-order valence-corrected chi connectivity index (χ3v) is 3.99. The second-order valence-electron chi connectivity index (χ2n) is 5.43. The van der Waals surface area contributed by atoms with Crippen LogP contribution in [0.4, 0.5) is 5.82 Å². The molecule has 7 heteroatoms. The van der Waals surface area contributed by atoms with E-state index in [1.165, 1.54) is 11.8 Å². The molecule has 2 N–H and O–H groups in total. The van der Waals surface area contributed by atoms with Crippen molar-refractivity contribution < 1.29 is 9.53 Å². The molecule has 0 fully saturated rings. The Hall–Kier alpha value is -2.86. The molecule has 0 aliphatic carbocycles. The zero-order chi connectivity index (χ0) is 17.6. The van der Waals surface area contributed by atoms with Crippen LogP contribution in [-0.2, 0) is 12.8 Å². The lowest BCUT2D eigenvalue weighted by Crippen LogP contribution is -2.13. The van der Waals surface area contributed by atoms with Crippen LogP contribution in [0.15, 0.2) is 48.7 Å². The summed E-state index contributed by atoms with van der Waals surface area (Å²) in [4.78, 5) is 16.1. The molecule has 0 aliphatic rings. The number of methoxy groups -OCH3 is 1. The third-order valence-electron chi connectivity index (χ3n) is 3.69. The first kappa shape index (κ1) is 17.0. The first-order valence-corrected chi connectivity index (χ1v) is 8.12. The molecule has 0 aliphatic heterocycles. The number of aromatic amines is 1. The van der Waals surface area contributed by atoms with Crippen LogP contribution in [0.25, 0.3) is 0 Å². The maximum absolute atomic E-state index is 12.2. The van der Waals surface area contributed by atoms with Gasteiger partial charge < -0.3 is 10.1 Å². The van der Waals surface area contributed by atoms with Gasteiger partial charge in [-0.1, -0.05) is 23.7 Å². The van der Waals surface area contributed by atoms with E-state index in [0.717, 1.165) is 24.3 Å². The van der Waals surface area contributed by atoms with Gasteiger partial charge in [-0.15, -0.1) is 0 Å². The minimum atomic E-state index is -0.344. The number of pyridine rings is 1. The zero-order valence-electron chi connectivity index (χ0n) is 13.6. The molecule has 2 aromatic heterocycles. The molecule has 6 nitrogen and oxygen atoms in total. The number of benzene rings is 1. The van der Waals surface area contributed by atoms with Gasteiger partial charge in [0.05, 0.1) is 12.7 Å². The Bertz CT molecular complexity index is 879. The fraction of sp³-hybridized carbons (Fsp3) is 0.167. The number of ether oxygens (including phenoxy) is 1. The van der Waals surface area contributed by atoms with Crippen LogP contribution >= 0.6 is 11.6 Å². The van der Waals surface area contributed by atoms with E-state index in [1.54, 1.807) is 19.2 Å². The van der Waals surface area contributed by atoms with Crippen LogP contribution in [0.5, 0.6) is 5.75 Å². The highest BCUT2D eigenvalue weighted by Gasteiger charge is 2.12. The normalized spacial score (nSPS) is 10.5. The lowest BCUT2D eigenvalue weighted by Gasteiger charge is -2.03. The monoisotopic (exact) mass is 356 g/mol. The van der Waals surface area contributed by atoms with Crippen LogP contribution in [0.3, 0.4) is 0 Å². The van der Waals surface area contributed by atoms with Gasteiger partial charge in [-0.2, -0.15) is 5.10 Å². The highest BCUT2D eigenvalue weighted by atomic mass is 35.5. The van der Waals surface area contributed by atoms with Crippen molar-refractivity contribution in [3.05, 3.63) is 70.6 Å². The summed E-state index contributed by atoms with van der Waals surface area (Å²) in [6, 6.07) is 13.0. The van der Waals surface area contributed by atoms with Crippen molar-refractivity contribution in [2.75, 3.05) is 12.4 Å². The summed E-state index contributed by atoms with van der Waals surface area (Å²) < 4.78 is 5.22. The fourth-order valence-corrected chi connectivity index (χ4v) is 2.60. The number of aromatic nitrogens is 3. The van der Waals surface area contributed by atoms with Crippen molar-refractivity contribution in [2.45, 2.75) is 12.8 Å². The van der Waals surface area contributed by atoms with Gasteiger partial charge in [0, 0.05) is 18.0 Å². The second-order valence-corrected chi connectivity index (χ2v) is 5.78. The topological polar surface area (TPSA) is 79.9 Å². The van der Waals surface area contributed by atoms with Crippen LogP contribution < -0.4 is 10.1 Å². The van der Waals surface area contributed by atoms with E-state index in [2.05, 4.69) is 20.5 Å². The van der Waals surface area contributed by atoms with Crippen molar-refractivity contribution in [1.82, 2.24) is 15.2 Å². The number of halogens is 1. The van der Waals surface area contributed by atoms with E-state index < -0.39 is 0 Å². The van der Waals surface area contributed by atoms with Crippen LogP contribution in [0, 0.1) is 0 Å². The summed E-state index contributed by atoms with van der Waals surface area (Å²) in [5.41, 5.74) is 2.40. The van der Waals surface area contributed by atoms with Crippen molar-refractivity contribution in [3.8, 4) is 5.75 Å². The number of amides is 1. The minimum absolute atomic E-state index is 0.161. The molecule has 0 spiro atoms. The van der Waals surface area contributed by atoms with Crippen LogP contribution in [0.1, 0.15) is 21.6 Å². The van der Waals surface area contributed by atoms with Gasteiger partial charge in [0.15, 0.2) is 5.82 Å². The van der Waals surface area contributed by atoms with Gasteiger partial charge in [0.2, 0.25) is 0 Å². The number of anilines is 1. The maximum Gasteiger partial charge on any atom is 0.259 e. The Morgan fingerprint density at radius 1 is 1.24 bits per heavy atom. The number of carbonyl (C=O) groups is 1. The molecule has 3 rings (SSSR count). The molecule has 1 amide bonds. The molecule has 1 aromatic carbocycles. The lowest BCUT2D eigenvalue weighted by molar-refractivity contribution is 0.102. The Morgan fingerprint density at radius 2 is 2.12 bits per heavy atom.